The van der Waals surface area contributed by atoms with E-state index in [0.717, 1.165) is 5.56 Å². The van der Waals surface area contributed by atoms with Gasteiger partial charge in [-0.05, 0) is 24.1 Å². The Morgan fingerprint density at radius 3 is 2.46 bits per heavy atom. The zero-order valence-electron chi connectivity index (χ0n) is 6.77. The molecule has 0 radical (unpaired) electrons. The van der Waals surface area contributed by atoms with Crippen LogP contribution in [0.15, 0.2) is 24.3 Å². The molecule has 1 N–H and O–H groups in total. The summed E-state index contributed by atoms with van der Waals surface area (Å²) in [6.45, 7) is 0. The second-order valence-corrected chi connectivity index (χ2v) is 3.31. The number of benzene rings is 1. The van der Waals surface area contributed by atoms with Crippen LogP contribution >= 0.6 is 12.6 Å². The van der Waals surface area contributed by atoms with Gasteiger partial charge in [-0.1, -0.05) is 12.1 Å². The van der Waals surface area contributed by atoms with Gasteiger partial charge in [-0.3, -0.25) is 4.79 Å². The van der Waals surface area contributed by atoms with Crippen LogP contribution in [0.1, 0.15) is 5.56 Å². The van der Waals surface area contributed by atoms with Gasteiger partial charge in [0.1, 0.15) is 11.1 Å². The number of hydrogen-bond donors (Lipinski definition) is 2. The fourth-order valence-electron chi connectivity index (χ4n) is 0.931. The monoisotopic (exact) mass is 200 g/mol. The summed E-state index contributed by atoms with van der Waals surface area (Å²) >= 11 is 3.87. The number of halogens is 1. The normalized spacial score (nSPS) is 12.5. The Hall–Kier alpha value is -1.03. The molecule has 70 valence electrons. The Balaban J connectivity index is 2.64. The lowest BCUT2D eigenvalue weighted by molar-refractivity contribution is -0.136. The van der Waals surface area contributed by atoms with Crippen LogP contribution in [-0.2, 0) is 11.2 Å². The minimum atomic E-state index is -0.965. The Morgan fingerprint density at radius 2 is 2.00 bits per heavy atom. The first-order valence-electron chi connectivity index (χ1n) is 3.75. The highest BCUT2D eigenvalue weighted by Crippen LogP contribution is 2.09. The molecule has 0 saturated carbocycles. The topological polar surface area (TPSA) is 37.3 Å². The SMILES string of the molecule is O=C(O)C(S)Cc1ccc(F)cc1. The fraction of sp³-hybridized carbons (Fsp3) is 0.222. The average molecular weight is 200 g/mol. The number of hydrogen-bond acceptors (Lipinski definition) is 2. The van der Waals surface area contributed by atoms with E-state index >= 15 is 0 Å². The van der Waals surface area contributed by atoms with Crippen molar-refractivity contribution >= 4 is 18.6 Å². The lowest BCUT2D eigenvalue weighted by Gasteiger charge is -2.04. The predicted molar refractivity (Wildman–Crippen MR) is 50.5 cm³/mol. The first-order valence-corrected chi connectivity index (χ1v) is 4.26. The Kier molecular flexibility index (Phi) is 3.31. The summed E-state index contributed by atoms with van der Waals surface area (Å²) in [6, 6.07) is 5.72. The minimum absolute atomic E-state index is 0.304. The molecule has 1 aromatic carbocycles. The highest BCUT2D eigenvalue weighted by atomic mass is 32.1. The lowest BCUT2D eigenvalue weighted by atomic mass is 10.1. The third-order valence-electron chi connectivity index (χ3n) is 1.63. The molecular weight excluding hydrogens is 191 g/mol. The van der Waals surface area contributed by atoms with Gasteiger partial charge in [0, 0.05) is 0 Å². The van der Waals surface area contributed by atoms with E-state index in [1.165, 1.54) is 12.1 Å². The molecule has 0 aliphatic rings. The minimum Gasteiger partial charge on any atom is -0.480 e. The molecule has 0 aromatic heterocycles. The molecule has 1 aromatic rings. The van der Waals surface area contributed by atoms with Crippen LogP contribution in [0.4, 0.5) is 4.39 Å². The molecular formula is C9H9FO2S. The molecule has 4 heteroatoms. The van der Waals surface area contributed by atoms with Crippen molar-refractivity contribution in [2.24, 2.45) is 0 Å². The van der Waals surface area contributed by atoms with Crippen molar-refractivity contribution in [3.63, 3.8) is 0 Å². The summed E-state index contributed by atoms with van der Waals surface area (Å²) in [4.78, 5) is 10.4. The summed E-state index contributed by atoms with van der Waals surface area (Å²) in [7, 11) is 0. The average Bonchev–Trinajstić information content (AvgIpc) is 2.08. The van der Waals surface area contributed by atoms with Crippen molar-refractivity contribution in [1.82, 2.24) is 0 Å². The maximum atomic E-state index is 12.4. The van der Waals surface area contributed by atoms with Crippen LogP contribution in [0.3, 0.4) is 0 Å². The van der Waals surface area contributed by atoms with E-state index in [1.807, 2.05) is 0 Å². The molecule has 1 rings (SSSR count). The van der Waals surface area contributed by atoms with Crippen molar-refractivity contribution in [2.45, 2.75) is 11.7 Å². The molecule has 13 heavy (non-hydrogen) atoms. The van der Waals surface area contributed by atoms with Gasteiger partial charge in [0.25, 0.3) is 0 Å². The smallest absolute Gasteiger partial charge is 0.316 e. The molecule has 0 fully saturated rings. The third kappa shape index (κ3) is 3.06. The summed E-state index contributed by atoms with van der Waals surface area (Å²) in [6.07, 6.45) is 0.304. The van der Waals surface area contributed by atoms with Gasteiger partial charge in [-0.25, -0.2) is 4.39 Å². The molecule has 0 heterocycles. The van der Waals surface area contributed by atoms with Crippen LogP contribution in [-0.4, -0.2) is 16.3 Å². The van der Waals surface area contributed by atoms with Gasteiger partial charge in [-0.15, -0.1) is 0 Å². The van der Waals surface area contributed by atoms with Crippen LogP contribution in [0.5, 0.6) is 0 Å². The molecule has 1 atom stereocenters. The molecule has 0 aliphatic heterocycles. The van der Waals surface area contributed by atoms with Gasteiger partial charge >= 0.3 is 5.97 Å². The van der Waals surface area contributed by atoms with E-state index < -0.39 is 11.2 Å². The van der Waals surface area contributed by atoms with Gasteiger partial charge in [0.15, 0.2) is 0 Å². The Labute approximate surface area is 80.8 Å². The van der Waals surface area contributed by atoms with E-state index in [1.54, 1.807) is 12.1 Å². The maximum absolute atomic E-state index is 12.4. The highest BCUT2D eigenvalue weighted by molar-refractivity contribution is 7.81. The summed E-state index contributed by atoms with van der Waals surface area (Å²) in [5.74, 6) is -1.29. The van der Waals surface area contributed by atoms with Crippen molar-refractivity contribution < 1.29 is 14.3 Å². The third-order valence-corrected chi connectivity index (χ3v) is 2.03. The lowest BCUT2D eigenvalue weighted by Crippen LogP contribution is -2.15. The van der Waals surface area contributed by atoms with Gasteiger partial charge < -0.3 is 5.11 Å². The van der Waals surface area contributed by atoms with Gasteiger partial charge in [0.2, 0.25) is 0 Å². The standard InChI is InChI=1S/C9H9FO2S/c10-7-3-1-6(2-4-7)5-8(13)9(11)12/h1-4,8,13H,5H2,(H,11,12). The van der Waals surface area contributed by atoms with E-state index in [9.17, 15) is 9.18 Å². The second kappa shape index (κ2) is 4.28. The summed E-state index contributed by atoms with van der Waals surface area (Å²) in [5.41, 5.74) is 0.767. The van der Waals surface area contributed by atoms with Crippen molar-refractivity contribution in [3.05, 3.63) is 35.6 Å². The Bertz CT molecular complexity index is 297. The van der Waals surface area contributed by atoms with E-state index in [0.29, 0.717) is 6.42 Å². The number of rotatable bonds is 3. The zero-order chi connectivity index (χ0) is 9.84. The van der Waals surface area contributed by atoms with Crippen molar-refractivity contribution in [1.29, 1.82) is 0 Å². The number of aliphatic carboxylic acids is 1. The van der Waals surface area contributed by atoms with E-state index in [-0.39, 0.29) is 5.82 Å². The quantitative estimate of drug-likeness (QED) is 0.729. The second-order valence-electron chi connectivity index (χ2n) is 2.68. The number of carboxylic acids is 1. The Morgan fingerprint density at radius 1 is 1.46 bits per heavy atom. The highest BCUT2D eigenvalue weighted by Gasteiger charge is 2.12. The van der Waals surface area contributed by atoms with Gasteiger partial charge in [-0.2, -0.15) is 12.6 Å². The molecule has 2 nitrogen and oxygen atoms in total. The first kappa shape index (κ1) is 10.1. The summed E-state index contributed by atoms with van der Waals surface area (Å²) < 4.78 is 12.4. The van der Waals surface area contributed by atoms with Crippen molar-refractivity contribution in [3.8, 4) is 0 Å². The van der Waals surface area contributed by atoms with Crippen LogP contribution in [0.25, 0.3) is 0 Å². The molecule has 0 saturated heterocycles. The summed E-state index contributed by atoms with van der Waals surface area (Å²) in [5, 5.41) is 7.82. The number of carbonyl (C=O) groups is 1. The van der Waals surface area contributed by atoms with E-state index in [4.69, 9.17) is 5.11 Å². The van der Waals surface area contributed by atoms with E-state index in [2.05, 4.69) is 12.6 Å². The van der Waals surface area contributed by atoms with Gasteiger partial charge in [0.05, 0.1) is 0 Å². The predicted octanol–water partition coefficient (Wildman–Crippen LogP) is 1.75. The van der Waals surface area contributed by atoms with Crippen LogP contribution in [0, 0.1) is 5.82 Å². The molecule has 0 aliphatic carbocycles. The number of thiol groups is 1. The largest absolute Gasteiger partial charge is 0.480 e. The maximum Gasteiger partial charge on any atom is 0.316 e. The zero-order valence-corrected chi connectivity index (χ0v) is 7.67. The molecule has 0 spiro atoms. The molecule has 1 unspecified atom stereocenters. The van der Waals surface area contributed by atoms with Crippen LogP contribution in [0.2, 0.25) is 0 Å². The fourth-order valence-corrected chi connectivity index (χ4v) is 1.14. The number of carboxylic acid groups (broad SMARTS) is 1. The van der Waals surface area contributed by atoms with Crippen LogP contribution < -0.4 is 0 Å². The first-order chi connectivity index (χ1) is 6.09. The molecule has 0 amide bonds. The molecule has 0 bridgehead atoms. The van der Waals surface area contributed by atoms with Crippen molar-refractivity contribution in [2.75, 3.05) is 0 Å².